The summed E-state index contributed by atoms with van der Waals surface area (Å²) in [4.78, 5) is 11.6. The van der Waals surface area contributed by atoms with Crippen LogP contribution in [0, 0.1) is 5.92 Å². The number of likely N-dealkylation sites (N-methyl/N-ethyl adjacent to an activating group) is 1. The Balaban J connectivity index is 1.39. The highest BCUT2D eigenvalue weighted by molar-refractivity contribution is 5.61. The first-order valence-corrected chi connectivity index (χ1v) is 9.92. The zero-order valence-corrected chi connectivity index (χ0v) is 16.3. The van der Waals surface area contributed by atoms with E-state index in [2.05, 4.69) is 73.4 Å². The third-order valence-electron chi connectivity index (χ3n) is 5.62. The van der Waals surface area contributed by atoms with E-state index < -0.39 is 0 Å². The van der Waals surface area contributed by atoms with Gasteiger partial charge in [-0.2, -0.15) is 10.1 Å². The summed E-state index contributed by atoms with van der Waals surface area (Å²) in [7, 11) is 2.14. The first kappa shape index (κ1) is 18.0. The monoisotopic (exact) mass is 367 g/mol. The number of hydrogen-bond donors (Lipinski definition) is 1. The van der Waals surface area contributed by atoms with E-state index in [0.717, 1.165) is 56.7 Å². The SMILES string of the molecule is CC1CCN(c2ccc(Nc3cnnc(N4CCN(C)CC4)n3)cc2)CC1. The molecule has 0 aliphatic carbocycles. The van der Waals surface area contributed by atoms with E-state index in [9.17, 15) is 0 Å². The molecule has 1 aromatic carbocycles. The Hall–Kier alpha value is -2.41. The number of piperazine rings is 1. The van der Waals surface area contributed by atoms with Crippen LogP contribution in [0.3, 0.4) is 0 Å². The van der Waals surface area contributed by atoms with Crippen molar-refractivity contribution < 1.29 is 0 Å². The highest BCUT2D eigenvalue weighted by Gasteiger charge is 2.18. The molecule has 2 fully saturated rings. The second kappa shape index (κ2) is 8.08. The molecule has 0 unspecified atom stereocenters. The minimum atomic E-state index is 0.701. The molecule has 4 rings (SSSR count). The molecular formula is C20H29N7. The van der Waals surface area contributed by atoms with Gasteiger partial charge < -0.3 is 20.0 Å². The van der Waals surface area contributed by atoms with Gasteiger partial charge in [-0.25, -0.2) is 0 Å². The van der Waals surface area contributed by atoms with Gasteiger partial charge in [0.25, 0.3) is 0 Å². The van der Waals surface area contributed by atoms with Crippen molar-refractivity contribution >= 4 is 23.1 Å². The summed E-state index contributed by atoms with van der Waals surface area (Å²) in [6.07, 6.45) is 4.24. The van der Waals surface area contributed by atoms with Crippen LogP contribution in [-0.4, -0.2) is 66.4 Å². The van der Waals surface area contributed by atoms with Crippen LogP contribution in [0.25, 0.3) is 0 Å². The lowest BCUT2D eigenvalue weighted by Crippen LogP contribution is -2.45. The van der Waals surface area contributed by atoms with E-state index in [1.807, 2.05) is 0 Å². The van der Waals surface area contributed by atoms with E-state index >= 15 is 0 Å². The van der Waals surface area contributed by atoms with Crippen molar-refractivity contribution in [1.29, 1.82) is 0 Å². The maximum absolute atomic E-state index is 4.65. The second-order valence-electron chi connectivity index (χ2n) is 7.77. The molecule has 0 atom stereocenters. The average molecular weight is 368 g/mol. The van der Waals surface area contributed by atoms with Gasteiger partial charge in [0.1, 0.15) is 0 Å². The van der Waals surface area contributed by atoms with Crippen molar-refractivity contribution in [1.82, 2.24) is 20.1 Å². The Morgan fingerprint density at radius 3 is 2.33 bits per heavy atom. The number of nitrogens with zero attached hydrogens (tertiary/aromatic N) is 6. The van der Waals surface area contributed by atoms with Crippen molar-refractivity contribution in [3.8, 4) is 0 Å². The summed E-state index contributed by atoms with van der Waals surface area (Å²) in [5, 5.41) is 11.7. The molecule has 2 aliphatic rings. The van der Waals surface area contributed by atoms with Crippen molar-refractivity contribution in [2.45, 2.75) is 19.8 Å². The third kappa shape index (κ3) is 4.47. The van der Waals surface area contributed by atoms with E-state index in [-0.39, 0.29) is 0 Å². The minimum absolute atomic E-state index is 0.701. The molecule has 0 bridgehead atoms. The lowest BCUT2D eigenvalue weighted by molar-refractivity contribution is 0.311. The Kier molecular flexibility index (Phi) is 5.38. The number of anilines is 4. The summed E-state index contributed by atoms with van der Waals surface area (Å²) in [5.41, 5.74) is 2.32. The topological polar surface area (TPSA) is 60.4 Å². The van der Waals surface area contributed by atoms with Crippen molar-refractivity contribution in [2.24, 2.45) is 5.92 Å². The molecule has 7 heteroatoms. The van der Waals surface area contributed by atoms with Gasteiger partial charge in [0, 0.05) is 50.6 Å². The van der Waals surface area contributed by atoms with Crippen LogP contribution in [0.1, 0.15) is 19.8 Å². The fraction of sp³-hybridized carbons (Fsp3) is 0.550. The lowest BCUT2D eigenvalue weighted by atomic mass is 9.99. The van der Waals surface area contributed by atoms with Crippen LogP contribution in [0.4, 0.5) is 23.1 Å². The van der Waals surface area contributed by atoms with Gasteiger partial charge in [-0.1, -0.05) is 6.92 Å². The predicted molar refractivity (Wildman–Crippen MR) is 110 cm³/mol. The molecule has 1 aromatic heterocycles. The van der Waals surface area contributed by atoms with Gasteiger partial charge in [0.2, 0.25) is 5.95 Å². The smallest absolute Gasteiger partial charge is 0.247 e. The maximum atomic E-state index is 4.65. The van der Waals surface area contributed by atoms with E-state index in [1.54, 1.807) is 6.20 Å². The highest BCUT2D eigenvalue weighted by atomic mass is 15.4. The number of hydrogen-bond acceptors (Lipinski definition) is 7. The Labute approximate surface area is 161 Å². The molecule has 2 aromatic rings. The molecule has 0 amide bonds. The van der Waals surface area contributed by atoms with Crippen LogP contribution in [-0.2, 0) is 0 Å². The summed E-state index contributed by atoms with van der Waals surface area (Å²) < 4.78 is 0. The molecule has 0 spiro atoms. The largest absolute Gasteiger partial charge is 0.372 e. The Bertz CT molecular complexity index is 732. The first-order valence-electron chi connectivity index (χ1n) is 9.92. The molecule has 27 heavy (non-hydrogen) atoms. The number of rotatable bonds is 4. The van der Waals surface area contributed by atoms with Crippen molar-refractivity contribution in [3.05, 3.63) is 30.5 Å². The molecule has 0 radical (unpaired) electrons. The van der Waals surface area contributed by atoms with Gasteiger partial charge in [-0.3, -0.25) is 0 Å². The van der Waals surface area contributed by atoms with Gasteiger partial charge in [-0.05, 0) is 50.1 Å². The molecule has 1 N–H and O–H groups in total. The molecule has 144 valence electrons. The molecule has 2 aliphatic heterocycles. The predicted octanol–water partition coefficient (Wildman–Crippen LogP) is 2.60. The molecular weight excluding hydrogens is 338 g/mol. The zero-order chi connectivity index (χ0) is 18.6. The highest BCUT2D eigenvalue weighted by Crippen LogP contribution is 2.25. The van der Waals surface area contributed by atoms with Crippen LogP contribution in [0.2, 0.25) is 0 Å². The molecule has 2 saturated heterocycles. The summed E-state index contributed by atoms with van der Waals surface area (Å²) in [5.74, 6) is 2.28. The van der Waals surface area contributed by atoms with Gasteiger partial charge in [-0.15, -0.1) is 5.10 Å². The average Bonchev–Trinajstić information content (AvgIpc) is 2.70. The zero-order valence-electron chi connectivity index (χ0n) is 16.3. The molecule has 0 saturated carbocycles. The number of benzene rings is 1. The standard InChI is InChI=1S/C20H29N7/c1-16-7-9-26(10-8-16)18-5-3-17(4-6-18)22-19-15-21-24-20(23-19)27-13-11-25(2)12-14-27/h3-6,15-16H,7-14H2,1-2H3,(H,22,23,24). The maximum Gasteiger partial charge on any atom is 0.247 e. The summed E-state index contributed by atoms with van der Waals surface area (Å²) >= 11 is 0. The fourth-order valence-corrected chi connectivity index (χ4v) is 3.67. The van der Waals surface area contributed by atoms with Crippen LogP contribution >= 0.6 is 0 Å². The minimum Gasteiger partial charge on any atom is -0.372 e. The quantitative estimate of drug-likeness (QED) is 0.891. The first-order chi connectivity index (χ1) is 13.2. The van der Waals surface area contributed by atoms with Gasteiger partial charge >= 0.3 is 0 Å². The van der Waals surface area contributed by atoms with Crippen LogP contribution in [0.15, 0.2) is 30.5 Å². The van der Waals surface area contributed by atoms with Gasteiger partial charge in [0.05, 0.1) is 6.20 Å². The molecule has 7 nitrogen and oxygen atoms in total. The third-order valence-corrected chi connectivity index (χ3v) is 5.62. The van der Waals surface area contributed by atoms with E-state index in [4.69, 9.17) is 0 Å². The number of aromatic nitrogens is 3. The Morgan fingerprint density at radius 2 is 1.63 bits per heavy atom. The fourth-order valence-electron chi connectivity index (χ4n) is 3.67. The van der Waals surface area contributed by atoms with Gasteiger partial charge in [0.15, 0.2) is 5.82 Å². The summed E-state index contributed by atoms with van der Waals surface area (Å²) in [6.45, 7) is 8.57. The van der Waals surface area contributed by atoms with Crippen molar-refractivity contribution in [3.63, 3.8) is 0 Å². The second-order valence-corrected chi connectivity index (χ2v) is 7.77. The lowest BCUT2D eigenvalue weighted by Gasteiger charge is -2.32. The van der Waals surface area contributed by atoms with Crippen molar-refractivity contribution in [2.75, 3.05) is 61.4 Å². The Morgan fingerprint density at radius 1 is 0.926 bits per heavy atom. The van der Waals surface area contributed by atoms with Crippen LogP contribution < -0.4 is 15.1 Å². The van der Waals surface area contributed by atoms with E-state index in [1.165, 1.54) is 18.5 Å². The van der Waals surface area contributed by atoms with Crippen LogP contribution in [0.5, 0.6) is 0 Å². The summed E-state index contributed by atoms with van der Waals surface area (Å²) in [6, 6.07) is 8.61. The molecule has 3 heterocycles. The normalized spacial score (nSPS) is 19.3. The number of nitrogens with one attached hydrogen (secondary N) is 1. The van der Waals surface area contributed by atoms with E-state index in [0.29, 0.717) is 5.95 Å². The number of piperidine rings is 1.